The molecule has 0 saturated heterocycles. The van der Waals surface area contributed by atoms with E-state index >= 15 is 0 Å². The fraction of sp³-hybridized carbons (Fsp3) is 0.750. The summed E-state index contributed by atoms with van der Waals surface area (Å²) in [6, 6.07) is 0.0963. The Labute approximate surface area is 122 Å². The zero-order chi connectivity index (χ0) is 15.3. The highest BCUT2D eigenvalue weighted by Crippen LogP contribution is 2.32. The number of amides is 2. The van der Waals surface area contributed by atoms with Gasteiger partial charge in [0.25, 0.3) is 0 Å². The lowest BCUT2D eigenvalue weighted by Crippen LogP contribution is -2.52. The molecule has 0 aliphatic heterocycles. The van der Waals surface area contributed by atoms with Crippen molar-refractivity contribution in [1.29, 1.82) is 0 Å². The molecule has 0 unspecified atom stereocenters. The molecule has 0 radical (unpaired) electrons. The third-order valence-electron chi connectivity index (χ3n) is 4.25. The molecule has 1 aliphatic carbocycles. The third-order valence-corrected chi connectivity index (χ3v) is 4.25. The van der Waals surface area contributed by atoms with E-state index in [9.17, 15) is 9.59 Å². The molecular formula is C16H28N2O2. The lowest BCUT2D eigenvalue weighted by atomic mass is 9.75. The van der Waals surface area contributed by atoms with Gasteiger partial charge in [-0.05, 0) is 39.5 Å². The van der Waals surface area contributed by atoms with Crippen molar-refractivity contribution in [2.24, 2.45) is 5.92 Å². The summed E-state index contributed by atoms with van der Waals surface area (Å²) in [5.41, 5.74) is 0.972. The maximum Gasteiger partial charge on any atom is 0.220 e. The van der Waals surface area contributed by atoms with Gasteiger partial charge in [-0.3, -0.25) is 9.59 Å². The van der Waals surface area contributed by atoms with Crippen molar-refractivity contribution in [2.45, 2.75) is 71.9 Å². The molecule has 2 N–H and O–H groups in total. The lowest BCUT2D eigenvalue weighted by molar-refractivity contribution is -0.124. The zero-order valence-electron chi connectivity index (χ0n) is 13.4. The fourth-order valence-electron chi connectivity index (χ4n) is 2.65. The van der Waals surface area contributed by atoms with Crippen LogP contribution in [-0.4, -0.2) is 23.4 Å². The highest BCUT2D eigenvalue weighted by molar-refractivity contribution is 5.77. The van der Waals surface area contributed by atoms with E-state index in [0.29, 0.717) is 18.8 Å². The van der Waals surface area contributed by atoms with Crippen molar-refractivity contribution in [3.8, 4) is 0 Å². The van der Waals surface area contributed by atoms with Crippen LogP contribution >= 0.6 is 0 Å². The summed E-state index contributed by atoms with van der Waals surface area (Å²) in [7, 11) is 0. The van der Waals surface area contributed by atoms with Crippen LogP contribution in [0.25, 0.3) is 0 Å². The summed E-state index contributed by atoms with van der Waals surface area (Å²) in [6.07, 6.45) is 5.02. The summed E-state index contributed by atoms with van der Waals surface area (Å²) in [5, 5.41) is 6.17. The Kier molecular flexibility index (Phi) is 5.78. The van der Waals surface area contributed by atoms with Gasteiger partial charge in [0.2, 0.25) is 11.8 Å². The van der Waals surface area contributed by atoms with Crippen LogP contribution in [0.5, 0.6) is 0 Å². The van der Waals surface area contributed by atoms with Gasteiger partial charge in [-0.1, -0.05) is 25.5 Å². The molecule has 0 fully saturated rings. The van der Waals surface area contributed by atoms with Gasteiger partial charge in [0.1, 0.15) is 0 Å². The molecular weight excluding hydrogens is 252 g/mol. The van der Waals surface area contributed by atoms with Gasteiger partial charge in [-0.25, -0.2) is 0 Å². The van der Waals surface area contributed by atoms with Crippen LogP contribution < -0.4 is 10.6 Å². The average Bonchev–Trinajstić information content (AvgIpc) is 2.40. The Balaban J connectivity index is 2.74. The van der Waals surface area contributed by atoms with Crippen LogP contribution in [0.2, 0.25) is 0 Å². The Morgan fingerprint density at radius 2 is 1.85 bits per heavy atom. The van der Waals surface area contributed by atoms with Gasteiger partial charge >= 0.3 is 0 Å². The monoisotopic (exact) mass is 280 g/mol. The first-order chi connectivity index (χ1) is 9.30. The minimum Gasteiger partial charge on any atom is -0.351 e. The summed E-state index contributed by atoms with van der Waals surface area (Å²) in [4.78, 5) is 23.2. The molecule has 4 heteroatoms. The van der Waals surface area contributed by atoms with Gasteiger partial charge in [0.15, 0.2) is 0 Å². The molecule has 2 atom stereocenters. The number of carbonyl (C=O) groups excluding carboxylic acids is 2. The lowest BCUT2D eigenvalue weighted by Gasteiger charge is -2.40. The highest BCUT2D eigenvalue weighted by atomic mass is 16.2. The molecule has 0 saturated carbocycles. The smallest absolute Gasteiger partial charge is 0.220 e. The maximum atomic E-state index is 11.6. The third kappa shape index (κ3) is 4.36. The van der Waals surface area contributed by atoms with E-state index < -0.39 is 0 Å². The van der Waals surface area contributed by atoms with E-state index in [-0.39, 0.29) is 23.4 Å². The quantitative estimate of drug-likeness (QED) is 0.760. The number of allylic oxidation sites excluding steroid dienone is 1. The standard InChI is InChI=1S/C16H28N2O2/c1-6-14(19)17-13-10-12(9-8-11(13)3)16(4,5)18-15(20)7-2/h8,12-13H,6-7,9-10H2,1-5H3,(H,17,19)(H,18,20)/t12-,13+/m1/s1. The molecule has 0 aromatic carbocycles. The maximum absolute atomic E-state index is 11.6. The Morgan fingerprint density at radius 3 is 2.40 bits per heavy atom. The predicted octanol–water partition coefficient (Wildman–Crippen LogP) is 2.54. The highest BCUT2D eigenvalue weighted by Gasteiger charge is 2.34. The molecule has 0 aromatic heterocycles. The van der Waals surface area contributed by atoms with Gasteiger partial charge in [0, 0.05) is 18.4 Å². The number of rotatable bonds is 5. The van der Waals surface area contributed by atoms with Crippen LogP contribution in [0.4, 0.5) is 0 Å². The Bertz CT molecular complexity index is 399. The number of hydrogen-bond acceptors (Lipinski definition) is 2. The topological polar surface area (TPSA) is 58.2 Å². The molecule has 0 aromatic rings. The van der Waals surface area contributed by atoms with Crippen molar-refractivity contribution in [3.05, 3.63) is 11.6 Å². The van der Waals surface area contributed by atoms with Crippen LogP contribution in [-0.2, 0) is 9.59 Å². The Morgan fingerprint density at radius 1 is 1.25 bits per heavy atom. The first kappa shape index (κ1) is 16.7. The minimum absolute atomic E-state index is 0.0791. The van der Waals surface area contributed by atoms with Crippen molar-refractivity contribution in [2.75, 3.05) is 0 Å². The predicted molar refractivity (Wildman–Crippen MR) is 81.2 cm³/mol. The molecule has 2 amide bonds. The average molecular weight is 280 g/mol. The van der Waals surface area contributed by atoms with Crippen LogP contribution in [0.1, 0.15) is 60.3 Å². The van der Waals surface area contributed by atoms with Gasteiger partial charge in [0.05, 0.1) is 6.04 Å². The number of nitrogens with one attached hydrogen (secondary N) is 2. The van der Waals surface area contributed by atoms with Gasteiger partial charge in [-0.2, -0.15) is 0 Å². The summed E-state index contributed by atoms with van der Waals surface area (Å²) >= 11 is 0. The first-order valence-electron chi connectivity index (χ1n) is 7.57. The summed E-state index contributed by atoms with van der Waals surface area (Å²) < 4.78 is 0. The molecule has 0 bridgehead atoms. The molecule has 0 spiro atoms. The summed E-state index contributed by atoms with van der Waals surface area (Å²) in [5.74, 6) is 0.498. The molecule has 1 rings (SSSR count). The molecule has 0 heterocycles. The first-order valence-corrected chi connectivity index (χ1v) is 7.57. The van der Waals surface area contributed by atoms with Crippen LogP contribution in [0, 0.1) is 5.92 Å². The Hall–Kier alpha value is -1.32. The largest absolute Gasteiger partial charge is 0.351 e. The van der Waals surface area contributed by atoms with Crippen molar-refractivity contribution in [1.82, 2.24) is 10.6 Å². The minimum atomic E-state index is -0.251. The van der Waals surface area contributed by atoms with E-state index in [1.165, 1.54) is 5.57 Å². The second kappa shape index (κ2) is 6.91. The zero-order valence-corrected chi connectivity index (χ0v) is 13.4. The normalized spacial score (nSPS) is 22.9. The van der Waals surface area contributed by atoms with Gasteiger partial charge < -0.3 is 10.6 Å². The van der Waals surface area contributed by atoms with Crippen molar-refractivity contribution < 1.29 is 9.59 Å². The van der Waals surface area contributed by atoms with E-state index in [0.717, 1.165) is 12.8 Å². The van der Waals surface area contributed by atoms with E-state index in [1.807, 2.05) is 13.8 Å². The van der Waals surface area contributed by atoms with Crippen LogP contribution in [0.15, 0.2) is 11.6 Å². The van der Waals surface area contributed by atoms with E-state index in [2.05, 4.69) is 37.5 Å². The fourth-order valence-corrected chi connectivity index (χ4v) is 2.65. The van der Waals surface area contributed by atoms with Crippen LogP contribution in [0.3, 0.4) is 0 Å². The van der Waals surface area contributed by atoms with E-state index in [1.54, 1.807) is 0 Å². The summed E-state index contributed by atoms with van der Waals surface area (Å²) in [6.45, 7) is 9.92. The van der Waals surface area contributed by atoms with Crippen molar-refractivity contribution in [3.63, 3.8) is 0 Å². The van der Waals surface area contributed by atoms with E-state index in [4.69, 9.17) is 0 Å². The molecule has 4 nitrogen and oxygen atoms in total. The molecule has 114 valence electrons. The number of carbonyl (C=O) groups is 2. The second-order valence-corrected chi connectivity index (χ2v) is 6.21. The SMILES string of the molecule is CCC(=O)N[C@H]1C[C@H](C(C)(C)NC(=O)CC)CC=C1C. The molecule has 1 aliphatic rings. The van der Waals surface area contributed by atoms with Gasteiger partial charge in [-0.15, -0.1) is 0 Å². The molecule has 20 heavy (non-hydrogen) atoms. The van der Waals surface area contributed by atoms with Crippen molar-refractivity contribution >= 4 is 11.8 Å². The second-order valence-electron chi connectivity index (χ2n) is 6.21. The number of hydrogen-bond donors (Lipinski definition) is 2.